The highest BCUT2D eigenvalue weighted by Crippen LogP contribution is 2.34. The molecule has 4 nitrogen and oxygen atoms in total. The highest BCUT2D eigenvalue weighted by atomic mass is 19.2. The second-order valence-electron chi connectivity index (χ2n) is 7.91. The number of hydrogen-bond donors (Lipinski definition) is 1. The van der Waals surface area contributed by atoms with Crippen LogP contribution >= 0.6 is 0 Å². The molecular weight excluding hydrogens is 440 g/mol. The molecule has 1 aliphatic rings. The van der Waals surface area contributed by atoms with Crippen LogP contribution in [0.15, 0.2) is 54.6 Å². The van der Waals surface area contributed by atoms with Crippen molar-refractivity contribution in [3.8, 4) is 11.1 Å². The van der Waals surface area contributed by atoms with Crippen molar-refractivity contribution in [2.24, 2.45) is 5.92 Å². The maximum Gasteiger partial charge on any atom is 0.183 e. The molecule has 174 valence electrons. The maximum absolute atomic E-state index is 14.9. The minimum Gasteiger partial charge on any atom is -0.348 e. The van der Waals surface area contributed by atoms with E-state index in [9.17, 15) is 22.8 Å². The van der Waals surface area contributed by atoms with Crippen molar-refractivity contribution in [1.82, 2.24) is 0 Å². The number of halogens is 4. The number of benzene rings is 3. The first kappa shape index (κ1) is 23.4. The molecule has 1 unspecified atom stereocenters. The Kier molecular flexibility index (Phi) is 7.09. The van der Waals surface area contributed by atoms with Crippen LogP contribution in [0, 0.1) is 29.2 Å². The standard InChI is InChI=1S/C25H22F4O4/c1-2-14-12-31-25(32-13-14)17-4-7-19(22(28)11-17)24(33-30)16-3-6-18(21(27)10-16)15-5-8-20(26)23(29)9-15/h3-11,14,24-25,30H,2,12-13H2,1H3. The van der Waals surface area contributed by atoms with Crippen LogP contribution in [0.3, 0.4) is 0 Å². The van der Waals surface area contributed by atoms with Crippen molar-refractivity contribution in [2.75, 3.05) is 13.2 Å². The molecule has 8 heteroatoms. The molecule has 3 aromatic carbocycles. The van der Waals surface area contributed by atoms with Gasteiger partial charge in [-0.15, -0.1) is 0 Å². The zero-order chi connectivity index (χ0) is 23.5. The number of ether oxygens (including phenoxy) is 2. The predicted molar refractivity (Wildman–Crippen MR) is 112 cm³/mol. The SMILES string of the molecule is CCC1COC(c2ccc(C(OO)c3ccc(-c4ccc(F)c(F)c4)c(F)c3)c(F)c2)OC1. The van der Waals surface area contributed by atoms with Crippen LogP contribution in [0.1, 0.15) is 42.4 Å². The normalized spacial score (nSPS) is 19.5. The van der Waals surface area contributed by atoms with Gasteiger partial charge in [0.2, 0.25) is 0 Å². The summed E-state index contributed by atoms with van der Waals surface area (Å²) in [6.07, 6.45) is -1.09. The summed E-state index contributed by atoms with van der Waals surface area (Å²) in [5.74, 6) is -3.32. The Morgan fingerprint density at radius 2 is 1.64 bits per heavy atom. The molecule has 1 aliphatic heterocycles. The van der Waals surface area contributed by atoms with Crippen LogP contribution < -0.4 is 0 Å². The summed E-state index contributed by atoms with van der Waals surface area (Å²) in [5, 5.41) is 9.45. The van der Waals surface area contributed by atoms with Crippen LogP contribution in [0.4, 0.5) is 17.6 Å². The number of hydrogen-bond acceptors (Lipinski definition) is 4. The monoisotopic (exact) mass is 462 g/mol. The molecular formula is C25H22F4O4. The Hall–Kier alpha value is -2.78. The lowest BCUT2D eigenvalue weighted by Gasteiger charge is -2.29. The van der Waals surface area contributed by atoms with E-state index in [-0.39, 0.29) is 22.3 Å². The van der Waals surface area contributed by atoms with Gasteiger partial charge in [-0.25, -0.2) is 22.4 Å². The summed E-state index contributed by atoms with van der Waals surface area (Å²) < 4.78 is 67.7. The quantitative estimate of drug-likeness (QED) is 0.256. The highest BCUT2D eigenvalue weighted by Gasteiger charge is 2.26. The zero-order valence-electron chi connectivity index (χ0n) is 17.7. The van der Waals surface area contributed by atoms with Gasteiger partial charge in [0.15, 0.2) is 17.9 Å². The van der Waals surface area contributed by atoms with Gasteiger partial charge in [0.25, 0.3) is 0 Å². The lowest BCUT2D eigenvalue weighted by Crippen LogP contribution is -2.26. The summed E-state index contributed by atoms with van der Waals surface area (Å²) in [5.41, 5.74) is 0.727. The van der Waals surface area contributed by atoms with Crippen LogP contribution in [0.25, 0.3) is 11.1 Å². The van der Waals surface area contributed by atoms with Crippen LogP contribution in [0.2, 0.25) is 0 Å². The molecule has 0 saturated carbocycles. The lowest BCUT2D eigenvalue weighted by molar-refractivity contribution is -0.271. The van der Waals surface area contributed by atoms with E-state index in [1.165, 1.54) is 30.3 Å². The van der Waals surface area contributed by atoms with Crippen LogP contribution in [-0.4, -0.2) is 18.5 Å². The maximum atomic E-state index is 14.9. The summed E-state index contributed by atoms with van der Waals surface area (Å²) >= 11 is 0. The molecule has 0 bridgehead atoms. The van der Waals surface area contributed by atoms with Gasteiger partial charge < -0.3 is 9.47 Å². The molecule has 0 aromatic heterocycles. The second-order valence-corrected chi connectivity index (χ2v) is 7.91. The van der Waals surface area contributed by atoms with Crippen molar-refractivity contribution < 1.29 is 37.2 Å². The third-order valence-electron chi connectivity index (χ3n) is 5.76. The first-order valence-corrected chi connectivity index (χ1v) is 10.5. The molecule has 1 N–H and O–H groups in total. The van der Waals surface area contributed by atoms with Crippen molar-refractivity contribution >= 4 is 0 Å². The van der Waals surface area contributed by atoms with E-state index in [0.717, 1.165) is 24.6 Å². The van der Waals surface area contributed by atoms with Crippen molar-refractivity contribution in [1.29, 1.82) is 0 Å². The van der Waals surface area contributed by atoms with Crippen LogP contribution in [0.5, 0.6) is 0 Å². The molecule has 0 amide bonds. The predicted octanol–water partition coefficient (Wildman–Crippen LogP) is 6.56. The van der Waals surface area contributed by atoms with Gasteiger partial charge in [-0.3, -0.25) is 5.26 Å². The molecule has 1 saturated heterocycles. The molecule has 1 heterocycles. The Morgan fingerprint density at radius 1 is 0.879 bits per heavy atom. The third kappa shape index (κ3) is 4.94. The van der Waals surface area contributed by atoms with Crippen LogP contribution in [-0.2, 0) is 14.4 Å². The van der Waals surface area contributed by atoms with Gasteiger partial charge in [-0.2, -0.15) is 0 Å². The van der Waals surface area contributed by atoms with Crippen molar-refractivity contribution in [3.05, 3.63) is 94.6 Å². The largest absolute Gasteiger partial charge is 0.348 e. The van der Waals surface area contributed by atoms with Crippen molar-refractivity contribution in [3.63, 3.8) is 0 Å². The lowest BCUT2D eigenvalue weighted by atomic mass is 9.96. The van der Waals surface area contributed by atoms with E-state index < -0.39 is 35.7 Å². The average molecular weight is 462 g/mol. The number of rotatable bonds is 6. The third-order valence-corrected chi connectivity index (χ3v) is 5.76. The highest BCUT2D eigenvalue weighted by molar-refractivity contribution is 5.64. The molecule has 0 spiro atoms. The van der Waals surface area contributed by atoms with E-state index in [1.54, 1.807) is 6.07 Å². The first-order valence-electron chi connectivity index (χ1n) is 10.5. The molecule has 0 aliphatic carbocycles. The Bertz CT molecular complexity index is 1130. The Morgan fingerprint density at radius 3 is 2.24 bits per heavy atom. The van der Waals surface area contributed by atoms with Gasteiger partial charge in [0, 0.05) is 22.6 Å². The van der Waals surface area contributed by atoms with E-state index in [2.05, 4.69) is 4.89 Å². The molecule has 4 rings (SSSR count). The van der Waals surface area contributed by atoms with Gasteiger partial charge >= 0.3 is 0 Å². The van der Waals surface area contributed by atoms with Gasteiger partial charge in [0.05, 0.1) is 13.2 Å². The first-order chi connectivity index (χ1) is 15.9. The smallest absolute Gasteiger partial charge is 0.183 e. The van der Waals surface area contributed by atoms with Crippen molar-refractivity contribution in [2.45, 2.75) is 25.7 Å². The average Bonchev–Trinajstić information content (AvgIpc) is 2.82. The van der Waals surface area contributed by atoms with E-state index in [4.69, 9.17) is 9.47 Å². The molecule has 1 fully saturated rings. The fraction of sp³-hybridized carbons (Fsp3) is 0.280. The molecule has 3 aromatic rings. The van der Waals surface area contributed by atoms with Gasteiger partial charge in [-0.1, -0.05) is 37.3 Å². The van der Waals surface area contributed by atoms with Gasteiger partial charge in [0.1, 0.15) is 17.7 Å². The minimum absolute atomic E-state index is 0.0159. The summed E-state index contributed by atoms with van der Waals surface area (Å²) in [6.45, 7) is 3.06. The summed E-state index contributed by atoms with van der Waals surface area (Å²) in [7, 11) is 0. The van der Waals surface area contributed by atoms with Gasteiger partial charge in [-0.05, 0) is 41.8 Å². The topological polar surface area (TPSA) is 47.9 Å². The molecule has 33 heavy (non-hydrogen) atoms. The molecule has 0 radical (unpaired) electrons. The minimum atomic E-state index is -1.31. The Labute approximate surface area is 188 Å². The van der Waals surface area contributed by atoms with E-state index in [0.29, 0.717) is 24.7 Å². The zero-order valence-corrected chi connectivity index (χ0v) is 17.7. The fourth-order valence-electron chi connectivity index (χ4n) is 3.76. The summed E-state index contributed by atoms with van der Waals surface area (Å²) in [6, 6.07) is 11.0. The van der Waals surface area contributed by atoms with E-state index in [1.807, 2.05) is 6.92 Å². The Balaban J connectivity index is 1.58. The molecule has 1 atom stereocenters. The van der Waals surface area contributed by atoms with E-state index >= 15 is 0 Å². The fourth-order valence-corrected chi connectivity index (χ4v) is 3.76. The second kappa shape index (κ2) is 10.0. The summed E-state index contributed by atoms with van der Waals surface area (Å²) in [4.78, 5) is 4.47.